The number of sulfonamides is 1. The summed E-state index contributed by atoms with van der Waals surface area (Å²) in [6.07, 6.45) is 0.698. The van der Waals surface area contributed by atoms with Crippen molar-refractivity contribution in [3.63, 3.8) is 0 Å². The van der Waals surface area contributed by atoms with Crippen LogP contribution in [-0.4, -0.2) is 26.9 Å². The van der Waals surface area contributed by atoms with E-state index in [1.165, 1.54) is 12.1 Å². The molecule has 0 radical (unpaired) electrons. The summed E-state index contributed by atoms with van der Waals surface area (Å²) in [4.78, 5) is 11.9. The third-order valence-electron chi connectivity index (χ3n) is 3.18. The van der Waals surface area contributed by atoms with Gasteiger partial charge in [0.1, 0.15) is 0 Å². The summed E-state index contributed by atoms with van der Waals surface area (Å²) in [5, 5.41) is 2.66. The minimum absolute atomic E-state index is 0.126. The molecule has 4 N–H and O–H groups in total. The number of carbonyl (C=O) groups is 1. The number of carbonyl (C=O) groups excluding carboxylic acids is 1. The highest BCUT2D eigenvalue weighted by atomic mass is 32.2. The lowest BCUT2D eigenvalue weighted by molar-refractivity contribution is -0.119. The van der Waals surface area contributed by atoms with Gasteiger partial charge in [-0.15, -0.1) is 0 Å². The summed E-state index contributed by atoms with van der Waals surface area (Å²) in [6.45, 7) is 5.64. The van der Waals surface area contributed by atoms with E-state index < -0.39 is 10.0 Å². The highest BCUT2D eigenvalue weighted by molar-refractivity contribution is 7.89. The van der Waals surface area contributed by atoms with Gasteiger partial charge in [0.15, 0.2) is 0 Å². The Bertz CT molecular complexity index is 587. The fraction of sp³-hybridized carbons (Fsp3) is 0.500. The van der Waals surface area contributed by atoms with E-state index in [0.29, 0.717) is 12.1 Å². The monoisotopic (exact) mass is 313 g/mol. The Labute approximate surface area is 126 Å². The van der Waals surface area contributed by atoms with Gasteiger partial charge in [0.05, 0.1) is 4.90 Å². The zero-order valence-corrected chi connectivity index (χ0v) is 13.4. The molecule has 1 rings (SSSR count). The van der Waals surface area contributed by atoms with Crippen LogP contribution in [0.25, 0.3) is 0 Å². The average molecular weight is 313 g/mol. The van der Waals surface area contributed by atoms with Crippen molar-refractivity contribution in [1.29, 1.82) is 0 Å². The maximum atomic E-state index is 12.2. The molecule has 0 spiro atoms. The molecule has 21 heavy (non-hydrogen) atoms. The molecule has 1 aromatic carbocycles. The molecule has 0 saturated heterocycles. The fourth-order valence-electron chi connectivity index (χ4n) is 1.53. The number of hydrogen-bond donors (Lipinski definition) is 3. The van der Waals surface area contributed by atoms with Crippen LogP contribution in [0.1, 0.15) is 27.2 Å². The van der Waals surface area contributed by atoms with Crippen molar-refractivity contribution in [2.24, 2.45) is 11.7 Å². The minimum Gasteiger partial charge on any atom is -0.330 e. The number of nitrogens with two attached hydrogens (primary N) is 1. The lowest BCUT2D eigenvalue weighted by Crippen LogP contribution is -2.32. The molecule has 2 atom stereocenters. The topological polar surface area (TPSA) is 101 Å². The summed E-state index contributed by atoms with van der Waals surface area (Å²) < 4.78 is 26.9. The van der Waals surface area contributed by atoms with Crippen molar-refractivity contribution in [2.75, 3.05) is 11.9 Å². The first kappa shape index (κ1) is 17.6. The number of nitrogens with one attached hydrogen (secondary N) is 2. The summed E-state index contributed by atoms with van der Waals surface area (Å²) in [5.74, 6) is -0.564. The largest absolute Gasteiger partial charge is 0.330 e. The van der Waals surface area contributed by atoms with Gasteiger partial charge in [0.2, 0.25) is 15.9 Å². The van der Waals surface area contributed by atoms with Crippen LogP contribution in [0.4, 0.5) is 5.69 Å². The fourth-order valence-corrected chi connectivity index (χ4v) is 2.90. The normalized spacial score (nSPS) is 14.5. The number of benzene rings is 1. The standard InChI is InChI=1S/C14H23N3O3S/c1-4-11(3)17-21(19,20)13-7-5-6-12(8-13)16-14(18)10(2)9-15/h5-8,10-11,17H,4,9,15H2,1-3H3,(H,16,18). The SMILES string of the molecule is CCC(C)NS(=O)(=O)c1cccc(NC(=O)C(C)CN)c1. The highest BCUT2D eigenvalue weighted by Gasteiger charge is 2.17. The first-order valence-corrected chi connectivity index (χ1v) is 8.41. The van der Waals surface area contributed by atoms with E-state index in [4.69, 9.17) is 5.73 Å². The predicted molar refractivity (Wildman–Crippen MR) is 83.4 cm³/mol. The van der Waals surface area contributed by atoms with E-state index in [0.717, 1.165) is 0 Å². The molecule has 2 unspecified atom stereocenters. The van der Waals surface area contributed by atoms with Crippen LogP contribution in [0.5, 0.6) is 0 Å². The molecule has 7 heteroatoms. The van der Waals surface area contributed by atoms with E-state index in [1.807, 2.05) is 6.92 Å². The minimum atomic E-state index is -3.58. The number of amides is 1. The third-order valence-corrected chi connectivity index (χ3v) is 4.77. The van der Waals surface area contributed by atoms with Crippen LogP contribution in [0.15, 0.2) is 29.2 Å². The van der Waals surface area contributed by atoms with Crippen molar-refractivity contribution in [1.82, 2.24) is 4.72 Å². The maximum Gasteiger partial charge on any atom is 0.240 e. The number of hydrogen-bond acceptors (Lipinski definition) is 4. The molecule has 0 aliphatic heterocycles. The van der Waals surface area contributed by atoms with Crippen molar-refractivity contribution < 1.29 is 13.2 Å². The summed E-state index contributed by atoms with van der Waals surface area (Å²) in [7, 11) is -3.58. The summed E-state index contributed by atoms with van der Waals surface area (Å²) >= 11 is 0. The third kappa shape index (κ3) is 5.11. The van der Waals surface area contributed by atoms with Gasteiger partial charge in [-0.25, -0.2) is 13.1 Å². The van der Waals surface area contributed by atoms with Gasteiger partial charge in [0, 0.05) is 24.2 Å². The van der Waals surface area contributed by atoms with E-state index in [-0.39, 0.29) is 29.3 Å². The van der Waals surface area contributed by atoms with E-state index >= 15 is 0 Å². The van der Waals surface area contributed by atoms with Gasteiger partial charge in [0.25, 0.3) is 0 Å². The van der Waals surface area contributed by atoms with Gasteiger partial charge in [-0.2, -0.15) is 0 Å². The number of anilines is 1. The Balaban J connectivity index is 2.93. The van der Waals surface area contributed by atoms with Crippen LogP contribution in [0.2, 0.25) is 0 Å². The second-order valence-electron chi connectivity index (χ2n) is 5.08. The van der Waals surface area contributed by atoms with Crippen LogP contribution < -0.4 is 15.8 Å². The van der Waals surface area contributed by atoms with E-state index in [1.54, 1.807) is 26.0 Å². The average Bonchev–Trinajstić information content (AvgIpc) is 2.46. The smallest absolute Gasteiger partial charge is 0.240 e. The van der Waals surface area contributed by atoms with Crippen molar-refractivity contribution >= 4 is 21.6 Å². The molecule has 0 saturated carbocycles. The molecule has 0 bridgehead atoms. The molecule has 0 heterocycles. The first-order valence-electron chi connectivity index (χ1n) is 6.93. The second-order valence-corrected chi connectivity index (χ2v) is 6.80. The first-order chi connectivity index (χ1) is 9.80. The quantitative estimate of drug-likeness (QED) is 0.706. The van der Waals surface area contributed by atoms with Crippen LogP contribution in [0, 0.1) is 5.92 Å². The van der Waals surface area contributed by atoms with Crippen LogP contribution in [0.3, 0.4) is 0 Å². The zero-order valence-electron chi connectivity index (χ0n) is 12.6. The summed E-state index contributed by atoms with van der Waals surface area (Å²) in [5.41, 5.74) is 5.87. The summed E-state index contributed by atoms with van der Waals surface area (Å²) in [6, 6.07) is 6.01. The predicted octanol–water partition coefficient (Wildman–Crippen LogP) is 1.30. The van der Waals surface area contributed by atoms with Gasteiger partial charge in [-0.1, -0.05) is 19.9 Å². The molecular weight excluding hydrogens is 290 g/mol. The van der Waals surface area contributed by atoms with E-state index in [2.05, 4.69) is 10.0 Å². The molecular formula is C14H23N3O3S. The van der Waals surface area contributed by atoms with E-state index in [9.17, 15) is 13.2 Å². The van der Waals surface area contributed by atoms with Crippen LogP contribution >= 0.6 is 0 Å². The highest BCUT2D eigenvalue weighted by Crippen LogP contribution is 2.16. The van der Waals surface area contributed by atoms with Crippen molar-refractivity contribution in [3.8, 4) is 0 Å². The van der Waals surface area contributed by atoms with Gasteiger partial charge < -0.3 is 11.1 Å². The van der Waals surface area contributed by atoms with Crippen molar-refractivity contribution in [2.45, 2.75) is 38.1 Å². The molecule has 1 amide bonds. The molecule has 1 aromatic rings. The van der Waals surface area contributed by atoms with Crippen molar-refractivity contribution in [3.05, 3.63) is 24.3 Å². The number of rotatable bonds is 7. The molecule has 0 fully saturated rings. The Morgan fingerprint density at radius 2 is 2.00 bits per heavy atom. The Morgan fingerprint density at radius 3 is 2.57 bits per heavy atom. The molecule has 0 aliphatic carbocycles. The Morgan fingerprint density at radius 1 is 1.33 bits per heavy atom. The molecule has 118 valence electrons. The lowest BCUT2D eigenvalue weighted by atomic mass is 10.1. The van der Waals surface area contributed by atoms with Gasteiger partial charge in [-0.05, 0) is 31.5 Å². The van der Waals surface area contributed by atoms with Gasteiger partial charge in [-0.3, -0.25) is 4.79 Å². The van der Waals surface area contributed by atoms with Gasteiger partial charge >= 0.3 is 0 Å². The lowest BCUT2D eigenvalue weighted by Gasteiger charge is -2.14. The maximum absolute atomic E-state index is 12.2. The molecule has 0 aliphatic rings. The molecule has 0 aromatic heterocycles. The Kier molecular flexibility index (Phi) is 6.32. The zero-order chi connectivity index (χ0) is 16.0. The van der Waals surface area contributed by atoms with Crippen LogP contribution in [-0.2, 0) is 14.8 Å². The second kappa shape index (κ2) is 7.53. The Hall–Kier alpha value is -1.44. The molecule has 6 nitrogen and oxygen atoms in total.